The minimum absolute atomic E-state index is 0.224. The minimum Gasteiger partial charge on any atom is -0.444 e. The van der Waals surface area contributed by atoms with Gasteiger partial charge in [-0.1, -0.05) is 0 Å². The molecule has 0 saturated carbocycles. The zero-order valence-electron chi connectivity index (χ0n) is 12.6. The molecule has 0 saturated heterocycles. The Kier molecular flexibility index (Phi) is 4.84. The third kappa shape index (κ3) is 4.44. The van der Waals surface area contributed by atoms with Crippen LogP contribution < -0.4 is 5.32 Å². The number of ether oxygens (including phenoxy) is 1. The maximum absolute atomic E-state index is 13.0. The lowest BCUT2D eigenvalue weighted by molar-refractivity contribution is -0.139. The highest BCUT2D eigenvalue weighted by molar-refractivity contribution is 5.78. The molecule has 1 heterocycles. The van der Waals surface area contributed by atoms with Crippen molar-refractivity contribution >= 4 is 12.4 Å². The second kappa shape index (κ2) is 5.94. The number of amides is 1. The van der Waals surface area contributed by atoms with Crippen molar-refractivity contribution in [3.8, 4) is 0 Å². The Hall–Kier alpha value is -2.12. The number of pyridine rings is 1. The van der Waals surface area contributed by atoms with Crippen LogP contribution in [0, 0.1) is 0 Å². The van der Waals surface area contributed by atoms with E-state index in [2.05, 4.69) is 10.3 Å². The molecule has 0 aromatic carbocycles. The van der Waals surface area contributed by atoms with Gasteiger partial charge in [0.15, 0.2) is 0 Å². The molecule has 0 aliphatic heterocycles. The first-order chi connectivity index (χ1) is 9.89. The van der Waals surface area contributed by atoms with Gasteiger partial charge in [-0.15, -0.1) is 0 Å². The van der Waals surface area contributed by atoms with Gasteiger partial charge in [-0.2, -0.15) is 13.2 Å². The van der Waals surface area contributed by atoms with Crippen molar-refractivity contribution in [1.82, 2.24) is 10.3 Å². The number of aldehydes is 1. The third-order valence-electron chi connectivity index (χ3n) is 2.68. The van der Waals surface area contributed by atoms with E-state index in [4.69, 9.17) is 4.74 Å². The molecule has 0 radical (unpaired) electrons. The molecule has 0 spiro atoms. The Labute approximate surface area is 125 Å². The summed E-state index contributed by atoms with van der Waals surface area (Å²) in [5, 5.41) is 2.17. The van der Waals surface area contributed by atoms with E-state index in [9.17, 15) is 22.8 Å². The average Bonchev–Trinajstić information content (AvgIpc) is 2.35. The smallest absolute Gasteiger partial charge is 0.418 e. The van der Waals surface area contributed by atoms with Crippen LogP contribution in [0.4, 0.5) is 18.0 Å². The topological polar surface area (TPSA) is 68.3 Å². The first kappa shape index (κ1) is 17.9. The molecule has 122 valence electrons. The van der Waals surface area contributed by atoms with E-state index in [0.717, 1.165) is 19.2 Å². The summed E-state index contributed by atoms with van der Waals surface area (Å²) in [5.74, 6) is 0. The average molecular weight is 318 g/mol. The summed E-state index contributed by atoms with van der Waals surface area (Å²) in [7, 11) is 0. The number of carbonyl (C=O) groups excluding carboxylic acids is 2. The summed E-state index contributed by atoms with van der Waals surface area (Å²) >= 11 is 0. The molecule has 1 aromatic rings. The third-order valence-corrected chi connectivity index (χ3v) is 2.68. The highest BCUT2D eigenvalue weighted by Crippen LogP contribution is 2.35. The summed E-state index contributed by atoms with van der Waals surface area (Å²) in [6, 6.07) is 1.04. The fraction of sp³-hybridized carbons (Fsp3) is 0.500. The molecule has 0 aliphatic rings. The van der Waals surface area contributed by atoms with Gasteiger partial charge in [-0.25, -0.2) is 4.79 Å². The molecule has 5 nitrogen and oxygen atoms in total. The fourth-order valence-electron chi connectivity index (χ4n) is 1.75. The molecule has 22 heavy (non-hydrogen) atoms. The Morgan fingerprint density at radius 2 is 1.82 bits per heavy atom. The number of alkyl carbamates (subject to hydrolysis) is 1. The van der Waals surface area contributed by atoms with E-state index in [0.29, 0.717) is 6.20 Å². The molecule has 0 bridgehead atoms. The van der Waals surface area contributed by atoms with Crippen molar-refractivity contribution in [2.45, 2.75) is 45.0 Å². The molecule has 1 unspecified atom stereocenters. The number of hydrogen-bond donors (Lipinski definition) is 1. The summed E-state index contributed by atoms with van der Waals surface area (Å²) in [6.45, 7) is 5.95. The summed E-state index contributed by atoms with van der Waals surface area (Å²) < 4.78 is 44.0. The predicted molar refractivity (Wildman–Crippen MR) is 72.0 cm³/mol. The van der Waals surface area contributed by atoms with Crippen LogP contribution in [0.25, 0.3) is 0 Å². The van der Waals surface area contributed by atoms with Crippen LogP contribution in [0.1, 0.15) is 38.8 Å². The van der Waals surface area contributed by atoms with Gasteiger partial charge in [0.2, 0.25) is 0 Å². The lowest BCUT2D eigenvalue weighted by atomic mass is 9.90. The van der Waals surface area contributed by atoms with Crippen LogP contribution in [-0.2, 0) is 21.2 Å². The number of alkyl halides is 3. The Balaban J connectivity index is 3.20. The van der Waals surface area contributed by atoms with Gasteiger partial charge >= 0.3 is 12.3 Å². The number of aromatic nitrogens is 1. The molecular formula is C14H17F3N2O3. The SMILES string of the molecule is CC(C)(C)OC(=O)NC(C)(C=O)c1ccncc1C(F)(F)F. The van der Waals surface area contributed by atoms with Crippen LogP contribution in [-0.4, -0.2) is 23.0 Å². The van der Waals surface area contributed by atoms with Crippen molar-refractivity contribution in [2.75, 3.05) is 0 Å². The number of nitrogens with zero attached hydrogens (tertiary/aromatic N) is 1. The molecule has 1 N–H and O–H groups in total. The number of hydrogen-bond acceptors (Lipinski definition) is 4. The lowest BCUT2D eigenvalue weighted by Crippen LogP contribution is -2.47. The standard InChI is InChI=1S/C14H17F3N2O3/c1-12(2,3)22-11(21)19-13(4,8-20)9-5-6-18-7-10(9)14(15,16)17/h5-8H,1-4H3,(H,19,21). The number of halogens is 3. The van der Waals surface area contributed by atoms with Gasteiger partial charge in [0.1, 0.15) is 17.4 Å². The van der Waals surface area contributed by atoms with Crippen molar-refractivity contribution in [2.24, 2.45) is 0 Å². The number of carbonyl (C=O) groups is 2. The van der Waals surface area contributed by atoms with Gasteiger partial charge in [0.25, 0.3) is 0 Å². The van der Waals surface area contributed by atoms with Crippen LogP contribution in [0.15, 0.2) is 18.5 Å². The van der Waals surface area contributed by atoms with Crippen LogP contribution in [0.2, 0.25) is 0 Å². The largest absolute Gasteiger partial charge is 0.444 e. The van der Waals surface area contributed by atoms with E-state index in [-0.39, 0.29) is 6.29 Å². The first-order valence-electron chi connectivity index (χ1n) is 6.38. The van der Waals surface area contributed by atoms with Crippen LogP contribution in [0.3, 0.4) is 0 Å². The van der Waals surface area contributed by atoms with E-state index in [1.165, 1.54) is 0 Å². The molecule has 8 heteroatoms. The van der Waals surface area contributed by atoms with Gasteiger partial charge in [-0.05, 0) is 39.3 Å². The van der Waals surface area contributed by atoms with Crippen molar-refractivity contribution in [3.63, 3.8) is 0 Å². The van der Waals surface area contributed by atoms with Crippen LogP contribution in [0.5, 0.6) is 0 Å². The molecule has 1 rings (SSSR count). The van der Waals surface area contributed by atoms with Gasteiger partial charge < -0.3 is 14.8 Å². The minimum atomic E-state index is -4.70. The Morgan fingerprint density at radius 3 is 2.27 bits per heavy atom. The number of nitrogens with one attached hydrogen (secondary N) is 1. The van der Waals surface area contributed by atoms with E-state index < -0.39 is 34.5 Å². The highest BCUT2D eigenvalue weighted by atomic mass is 19.4. The van der Waals surface area contributed by atoms with Gasteiger partial charge in [0.05, 0.1) is 5.56 Å². The zero-order chi connectivity index (χ0) is 17.2. The summed E-state index contributed by atoms with van der Waals surface area (Å²) in [5.41, 5.74) is -4.24. The maximum Gasteiger partial charge on any atom is 0.418 e. The van der Waals surface area contributed by atoms with E-state index >= 15 is 0 Å². The fourth-order valence-corrected chi connectivity index (χ4v) is 1.75. The lowest BCUT2D eigenvalue weighted by Gasteiger charge is -2.29. The second-order valence-electron chi connectivity index (χ2n) is 5.87. The molecule has 0 fully saturated rings. The Morgan fingerprint density at radius 1 is 1.23 bits per heavy atom. The van der Waals surface area contributed by atoms with E-state index in [1.807, 2.05) is 0 Å². The maximum atomic E-state index is 13.0. The summed E-state index contributed by atoms with van der Waals surface area (Å²) in [6.07, 6.45) is -3.76. The van der Waals surface area contributed by atoms with Crippen molar-refractivity contribution in [1.29, 1.82) is 0 Å². The van der Waals surface area contributed by atoms with E-state index in [1.54, 1.807) is 20.8 Å². The molecule has 0 aliphatic carbocycles. The number of rotatable bonds is 3. The highest BCUT2D eigenvalue weighted by Gasteiger charge is 2.41. The van der Waals surface area contributed by atoms with Gasteiger partial charge in [0, 0.05) is 12.4 Å². The van der Waals surface area contributed by atoms with Crippen molar-refractivity contribution in [3.05, 3.63) is 29.6 Å². The molecular weight excluding hydrogens is 301 g/mol. The predicted octanol–water partition coefficient (Wildman–Crippen LogP) is 3.04. The second-order valence-corrected chi connectivity index (χ2v) is 5.87. The molecule has 1 atom stereocenters. The summed E-state index contributed by atoms with van der Waals surface area (Å²) in [4.78, 5) is 26.5. The quantitative estimate of drug-likeness (QED) is 0.870. The van der Waals surface area contributed by atoms with Crippen molar-refractivity contribution < 1.29 is 27.5 Å². The van der Waals surface area contributed by atoms with Crippen LogP contribution >= 0.6 is 0 Å². The Bertz CT molecular complexity index is 567. The molecule has 1 aromatic heterocycles. The first-order valence-corrected chi connectivity index (χ1v) is 6.38. The van der Waals surface area contributed by atoms with Gasteiger partial charge in [-0.3, -0.25) is 4.98 Å². The normalized spacial score (nSPS) is 14.9. The molecule has 1 amide bonds. The zero-order valence-corrected chi connectivity index (χ0v) is 12.6. The monoisotopic (exact) mass is 318 g/mol.